The van der Waals surface area contributed by atoms with Gasteiger partial charge in [-0.25, -0.2) is 9.78 Å². The first kappa shape index (κ1) is 26.9. The number of thiophene rings is 1. The Hall–Kier alpha value is -3.66. The largest absolute Gasteiger partial charge is 0.351 e. The maximum absolute atomic E-state index is 13.7. The molecule has 5 rings (SSSR count). The van der Waals surface area contributed by atoms with E-state index in [2.05, 4.69) is 54.6 Å². The molecule has 2 aromatic heterocycles. The van der Waals surface area contributed by atoms with Crippen molar-refractivity contribution in [2.75, 3.05) is 26.2 Å². The van der Waals surface area contributed by atoms with Crippen molar-refractivity contribution in [1.29, 1.82) is 0 Å². The number of benzene rings is 1. The van der Waals surface area contributed by atoms with Gasteiger partial charge in [0.2, 0.25) is 11.8 Å². The summed E-state index contributed by atoms with van der Waals surface area (Å²) in [5, 5.41) is 1.96. The lowest BCUT2D eigenvalue weighted by atomic mass is 9.87. The number of piperazine rings is 1. The van der Waals surface area contributed by atoms with Crippen molar-refractivity contribution in [3.63, 3.8) is 0 Å². The predicted molar refractivity (Wildman–Crippen MR) is 150 cm³/mol. The Morgan fingerprint density at radius 3 is 2.33 bits per heavy atom. The molecule has 10 heteroatoms. The van der Waals surface area contributed by atoms with Crippen LogP contribution in [0.2, 0.25) is 0 Å². The maximum atomic E-state index is 13.7. The van der Waals surface area contributed by atoms with Crippen LogP contribution in [0, 0.1) is 0 Å². The lowest BCUT2D eigenvalue weighted by Crippen LogP contribution is -2.58. The van der Waals surface area contributed by atoms with Crippen molar-refractivity contribution >= 4 is 29.2 Å². The second-order valence-electron chi connectivity index (χ2n) is 11.4. The zero-order chi connectivity index (χ0) is 27.7. The summed E-state index contributed by atoms with van der Waals surface area (Å²) in [6.07, 6.45) is 2.45. The molecule has 0 spiro atoms. The molecule has 1 saturated heterocycles. The number of rotatable bonds is 5. The first-order valence-corrected chi connectivity index (χ1v) is 14.3. The monoisotopic (exact) mass is 548 g/mol. The number of carbonyl (C=O) groups is 3. The molecule has 1 unspecified atom stereocenters. The van der Waals surface area contributed by atoms with Gasteiger partial charge in [0, 0.05) is 44.0 Å². The number of fused-ring (bicyclic) bond motifs is 1. The summed E-state index contributed by atoms with van der Waals surface area (Å²) in [5.74, 6) is -0.170. The summed E-state index contributed by atoms with van der Waals surface area (Å²) in [4.78, 5) is 49.5. The van der Waals surface area contributed by atoms with Crippen molar-refractivity contribution in [1.82, 2.24) is 24.3 Å². The van der Waals surface area contributed by atoms with E-state index in [1.807, 2.05) is 23.8 Å². The van der Waals surface area contributed by atoms with Crippen LogP contribution in [-0.2, 0) is 40.9 Å². The van der Waals surface area contributed by atoms with E-state index >= 15 is 0 Å². The molecule has 1 atom stereocenters. The Labute approximate surface area is 233 Å². The Bertz CT molecular complexity index is 1330. The predicted octanol–water partition coefficient (Wildman–Crippen LogP) is 3.01. The second-order valence-corrected chi connectivity index (χ2v) is 12.4. The van der Waals surface area contributed by atoms with Gasteiger partial charge >= 0.3 is 6.03 Å². The molecule has 2 N–H and O–H groups in total. The minimum atomic E-state index is -0.625. The van der Waals surface area contributed by atoms with Crippen LogP contribution in [0.5, 0.6) is 0 Å². The molecule has 4 amide bonds. The maximum Gasteiger partial charge on any atom is 0.314 e. The van der Waals surface area contributed by atoms with Crippen LogP contribution in [-0.4, -0.2) is 74.3 Å². The van der Waals surface area contributed by atoms with Gasteiger partial charge in [0.1, 0.15) is 6.04 Å². The summed E-state index contributed by atoms with van der Waals surface area (Å²) in [6.45, 7) is 9.16. The number of hydrogen-bond acceptors (Lipinski definition) is 5. The topological polar surface area (TPSA) is 105 Å². The molecule has 0 bridgehead atoms. The van der Waals surface area contributed by atoms with Crippen LogP contribution >= 0.6 is 11.3 Å². The number of primary amides is 1. The van der Waals surface area contributed by atoms with Crippen LogP contribution in [0.25, 0.3) is 0 Å². The summed E-state index contributed by atoms with van der Waals surface area (Å²) >= 11 is 1.54. The average molecular weight is 549 g/mol. The number of hydrogen-bond donors (Lipinski definition) is 1. The normalized spacial score (nSPS) is 17.7. The highest BCUT2D eigenvalue weighted by atomic mass is 32.1. The lowest BCUT2D eigenvalue weighted by Gasteiger charge is -2.40. The molecule has 0 saturated carbocycles. The molecule has 1 fully saturated rings. The first-order valence-electron chi connectivity index (χ1n) is 13.4. The number of nitrogens with two attached hydrogens (primary N) is 1. The van der Waals surface area contributed by atoms with Gasteiger partial charge in [0.05, 0.1) is 30.7 Å². The molecular formula is C29H36N6O3S. The minimum absolute atomic E-state index is 0.0699. The molecule has 9 nitrogen and oxygen atoms in total. The third kappa shape index (κ3) is 5.85. The summed E-state index contributed by atoms with van der Waals surface area (Å²) in [6, 6.07) is 11.4. The van der Waals surface area contributed by atoms with E-state index in [0.717, 1.165) is 21.8 Å². The zero-order valence-corrected chi connectivity index (χ0v) is 23.6. The van der Waals surface area contributed by atoms with E-state index in [-0.39, 0.29) is 23.7 Å². The number of urea groups is 1. The third-order valence-electron chi connectivity index (χ3n) is 7.70. The van der Waals surface area contributed by atoms with Crippen molar-refractivity contribution in [2.24, 2.45) is 5.73 Å². The summed E-state index contributed by atoms with van der Waals surface area (Å²) < 4.78 is 2.10. The molecule has 0 aliphatic carbocycles. The van der Waals surface area contributed by atoms with E-state index < -0.39 is 12.1 Å². The van der Waals surface area contributed by atoms with Gasteiger partial charge in [0.25, 0.3) is 0 Å². The number of nitrogens with zero attached hydrogens (tertiary/aromatic N) is 5. The fourth-order valence-corrected chi connectivity index (χ4v) is 6.01. The van der Waals surface area contributed by atoms with Crippen molar-refractivity contribution in [3.8, 4) is 0 Å². The summed E-state index contributed by atoms with van der Waals surface area (Å²) in [7, 11) is 0. The smallest absolute Gasteiger partial charge is 0.314 e. The van der Waals surface area contributed by atoms with Gasteiger partial charge in [-0.1, -0.05) is 51.1 Å². The van der Waals surface area contributed by atoms with Gasteiger partial charge in [-0.3, -0.25) is 9.59 Å². The van der Waals surface area contributed by atoms with E-state index in [1.54, 1.807) is 21.1 Å². The Kier molecular flexibility index (Phi) is 7.48. The molecule has 1 aromatic carbocycles. The Morgan fingerprint density at radius 2 is 1.72 bits per heavy atom. The SMILES string of the molecule is CC(C)(C)c1ccc(Cn2cnc3c2CN(C(=O)Cc2cccs2)C(C(=O)N2CCN(C(N)=O)CC2)C3)cc1. The quantitative estimate of drug-likeness (QED) is 0.529. The molecule has 2 aliphatic rings. The molecule has 3 aromatic rings. The molecule has 39 heavy (non-hydrogen) atoms. The van der Waals surface area contributed by atoms with Crippen molar-refractivity contribution < 1.29 is 14.4 Å². The van der Waals surface area contributed by atoms with Crippen LogP contribution in [0.15, 0.2) is 48.1 Å². The van der Waals surface area contributed by atoms with E-state index in [9.17, 15) is 14.4 Å². The highest BCUT2D eigenvalue weighted by Gasteiger charge is 2.39. The van der Waals surface area contributed by atoms with Gasteiger partial charge in [-0.15, -0.1) is 11.3 Å². The van der Waals surface area contributed by atoms with Gasteiger partial charge in [0.15, 0.2) is 0 Å². The van der Waals surface area contributed by atoms with Crippen LogP contribution in [0.1, 0.15) is 48.2 Å². The van der Waals surface area contributed by atoms with Gasteiger partial charge in [-0.2, -0.15) is 0 Å². The Morgan fingerprint density at radius 1 is 1.03 bits per heavy atom. The third-order valence-corrected chi connectivity index (χ3v) is 8.58. The van der Waals surface area contributed by atoms with Gasteiger partial charge in [-0.05, 0) is 28.0 Å². The van der Waals surface area contributed by atoms with E-state index in [0.29, 0.717) is 45.7 Å². The second kappa shape index (κ2) is 10.8. The van der Waals surface area contributed by atoms with Crippen LogP contribution in [0.3, 0.4) is 0 Å². The fourth-order valence-electron chi connectivity index (χ4n) is 5.31. The van der Waals surface area contributed by atoms with Crippen LogP contribution < -0.4 is 5.73 Å². The average Bonchev–Trinajstić information content (AvgIpc) is 3.57. The number of imidazole rings is 1. The number of carbonyl (C=O) groups excluding carboxylic acids is 3. The molecule has 0 radical (unpaired) electrons. The van der Waals surface area contributed by atoms with E-state index in [4.69, 9.17) is 5.73 Å². The fraction of sp³-hybridized carbons (Fsp3) is 0.448. The van der Waals surface area contributed by atoms with Crippen molar-refractivity contribution in [2.45, 2.75) is 58.2 Å². The number of aromatic nitrogens is 2. The Balaban J connectivity index is 1.38. The molecule has 4 heterocycles. The van der Waals surface area contributed by atoms with Crippen LogP contribution in [0.4, 0.5) is 4.79 Å². The molecular weight excluding hydrogens is 512 g/mol. The molecule has 2 aliphatic heterocycles. The molecule has 206 valence electrons. The summed E-state index contributed by atoms with van der Waals surface area (Å²) in [5.41, 5.74) is 9.77. The first-order chi connectivity index (χ1) is 18.6. The van der Waals surface area contributed by atoms with Gasteiger partial charge < -0.3 is 25.0 Å². The van der Waals surface area contributed by atoms with E-state index in [1.165, 1.54) is 10.5 Å². The highest BCUT2D eigenvalue weighted by Crippen LogP contribution is 2.27. The number of amides is 4. The minimum Gasteiger partial charge on any atom is -0.351 e. The zero-order valence-electron chi connectivity index (χ0n) is 22.8. The lowest BCUT2D eigenvalue weighted by molar-refractivity contribution is -0.147. The van der Waals surface area contributed by atoms with Crippen molar-refractivity contribution in [3.05, 3.63) is 75.5 Å². The highest BCUT2D eigenvalue weighted by molar-refractivity contribution is 7.10. The standard InChI is InChI=1S/C29H36N6O3S/c1-29(2,3)21-8-6-20(7-9-21)17-34-19-31-23-16-24(27(37)32-10-12-33(13-11-32)28(30)38)35(18-25(23)34)26(36)15-22-5-4-14-39-22/h4-9,14,19,24H,10-13,15-18H2,1-3H3,(H2,30,38).